The summed E-state index contributed by atoms with van der Waals surface area (Å²) in [5.74, 6) is -1.09. The molecule has 0 aliphatic carbocycles. The van der Waals surface area contributed by atoms with Crippen molar-refractivity contribution in [3.05, 3.63) is 90.2 Å². The molecule has 3 aromatic rings. The van der Waals surface area contributed by atoms with Crippen LogP contribution in [0.3, 0.4) is 0 Å². The molecule has 0 nitrogen and oxygen atoms in total. The first-order valence-electron chi connectivity index (χ1n) is 7.08. The van der Waals surface area contributed by atoms with Crippen molar-refractivity contribution in [2.24, 2.45) is 0 Å². The molecule has 0 unspecified atom stereocenters. The van der Waals surface area contributed by atoms with Crippen molar-refractivity contribution in [3.8, 4) is 0 Å². The van der Waals surface area contributed by atoms with Gasteiger partial charge < -0.3 is 0 Å². The summed E-state index contributed by atoms with van der Waals surface area (Å²) < 4.78 is 40.7. The Balaban J connectivity index is 0.000000552. The second-order valence-corrected chi connectivity index (χ2v) is 14.6. The van der Waals surface area contributed by atoms with Gasteiger partial charge in [0.25, 0.3) is 0 Å². The molecule has 0 aromatic heterocycles. The van der Waals surface area contributed by atoms with Crippen LogP contribution in [-0.4, -0.2) is 0 Å². The third-order valence-corrected chi connectivity index (χ3v) is 5.58. The monoisotopic (exact) mass is 524 g/mol. The first kappa shape index (κ1) is 21.7. The van der Waals surface area contributed by atoms with Gasteiger partial charge in [-0.1, -0.05) is 36.4 Å². The molecule has 0 aliphatic rings. The molecule has 8 heteroatoms. The van der Waals surface area contributed by atoms with Crippen molar-refractivity contribution in [2.75, 3.05) is 0 Å². The van der Waals surface area contributed by atoms with Crippen molar-refractivity contribution in [3.63, 3.8) is 0 Å². The van der Waals surface area contributed by atoms with E-state index in [0.29, 0.717) is 15.9 Å². The molecule has 140 valence electrons. The maximum absolute atomic E-state index is 13.6. The summed E-state index contributed by atoms with van der Waals surface area (Å²) in [5, 5.41) is 2.14. The van der Waals surface area contributed by atoms with E-state index in [1.165, 1.54) is 36.4 Å². The molecular formula is C18H12Cl3F3PRh. The van der Waals surface area contributed by atoms with E-state index in [2.05, 4.69) is 0 Å². The quantitative estimate of drug-likeness (QED) is 0.294. The molecule has 0 bridgehead atoms. The predicted molar refractivity (Wildman–Crippen MR) is 103 cm³/mol. The summed E-state index contributed by atoms with van der Waals surface area (Å²) in [5.41, 5.74) is 0. The van der Waals surface area contributed by atoms with Crippen molar-refractivity contribution in [2.45, 2.75) is 0 Å². The molecule has 0 heterocycles. The van der Waals surface area contributed by atoms with Crippen LogP contribution in [0, 0.1) is 17.5 Å². The second kappa shape index (κ2) is 10.6. The van der Waals surface area contributed by atoms with Crippen LogP contribution in [0.4, 0.5) is 13.2 Å². The average molecular weight is 526 g/mol. The first-order valence-corrected chi connectivity index (χ1v) is 14.8. The molecule has 0 atom stereocenters. The van der Waals surface area contributed by atoms with Crippen LogP contribution in [0.25, 0.3) is 0 Å². The molecule has 0 amide bonds. The molecule has 3 rings (SSSR count). The molecule has 26 heavy (non-hydrogen) atoms. The molecule has 0 N–H and O–H groups in total. The van der Waals surface area contributed by atoms with Crippen molar-refractivity contribution < 1.29 is 26.2 Å². The van der Waals surface area contributed by atoms with E-state index < -0.39 is 20.9 Å². The van der Waals surface area contributed by atoms with E-state index >= 15 is 0 Å². The minimum absolute atomic E-state index is 0.363. The van der Waals surface area contributed by atoms with Gasteiger partial charge in [-0.2, -0.15) is 0 Å². The van der Waals surface area contributed by atoms with Crippen LogP contribution in [0.15, 0.2) is 72.8 Å². The third kappa shape index (κ3) is 6.84. The van der Waals surface area contributed by atoms with Gasteiger partial charge >= 0.3 is 42.1 Å². The Labute approximate surface area is 168 Å². The molecule has 0 aliphatic heterocycles. The van der Waals surface area contributed by atoms with Crippen LogP contribution in [0.1, 0.15) is 0 Å². The summed E-state index contributed by atoms with van der Waals surface area (Å²) >= 11 is -1.66. The van der Waals surface area contributed by atoms with Crippen LogP contribution in [0.5, 0.6) is 0 Å². The van der Waals surface area contributed by atoms with Gasteiger partial charge in [-0.3, -0.25) is 0 Å². The Morgan fingerprint density at radius 1 is 0.577 bits per heavy atom. The fourth-order valence-corrected chi connectivity index (χ4v) is 4.65. The number of hydrogen-bond donors (Lipinski definition) is 0. The maximum atomic E-state index is 13.6. The van der Waals surface area contributed by atoms with E-state index in [4.69, 9.17) is 29.1 Å². The van der Waals surface area contributed by atoms with Crippen LogP contribution < -0.4 is 15.9 Å². The summed E-state index contributed by atoms with van der Waals surface area (Å²) in [6.45, 7) is 0. The molecule has 0 radical (unpaired) electrons. The van der Waals surface area contributed by atoms with Gasteiger partial charge in [0.1, 0.15) is 17.5 Å². The number of hydrogen-bond acceptors (Lipinski definition) is 0. The van der Waals surface area contributed by atoms with Gasteiger partial charge in [-0.15, -0.1) is 0 Å². The normalized spacial score (nSPS) is 11.0. The Hall–Kier alpha value is -0.627. The van der Waals surface area contributed by atoms with Crippen LogP contribution in [-0.2, 0) is 13.0 Å². The standard InChI is InChI=1S/C18H12F3P.3ClH.Rh/c19-13-4-1-7-16(10-13)22(17-8-2-5-14(20)11-17)18-9-3-6-15(21)12-18;;;;/h1-12H;3*1H;/q;;;;+3/p-3. The van der Waals surface area contributed by atoms with Gasteiger partial charge in [0.15, 0.2) is 0 Å². The summed E-state index contributed by atoms with van der Waals surface area (Å²) in [6, 6.07) is 18.5. The van der Waals surface area contributed by atoms with Crippen LogP contribution in [0.2, 0.25) is 0 Å². The molecular weight excluding hydrogens is 513 g/mol. The topological polar surface area (TPSA) is 0 Å². The van der Waals surface area contributed by atoms with E-state index in [9.17, 15) is 13.2 Å². The second-order valence-electron chi connectivity index (χ2n) is 4.92. The molecule has 0 saturated heterocycles. The van der Waals surface area contributed by atoms with Crippen LogP contribution >= 0.6 is 37.0 Å². The number of halogens is 6. The molecule has 0 spiro atoms. The minimum atomic E-state index is -1.66. The van der Waals surface area contributed by atoms with E-state index in [-0.39, 0.29) is 17.5 Å². The zero-order chi connectivity index (χ0) is 19.1. The van der Waals surface area contributed by atoms with Crippen molar-refractivity contribution in [1.82, 2.24) is 0 Å². The Kier molecular flexibility index (Phi) is 8.87. The number of benzene rings is 3. The Morgan fingerprint density at radius 3 is 1.08 bits per heavy atom. The van der Waals surface area contributed by atoms with Crippen molar-refractivity contribution in [1.29, 1.82) is 0 Å². The summed E-state index contributed by atoms with van der Waals surface area (Å²) in [6.07, 6.45) is 0. The average Bonchev–Trinajstić information content (AvgIpc) is 2.55. The van der Waals surface area contributed by atoms with Gasteiger partial charge in [-0.25, -0.2) is 13.2 Å². The number of rotatable bonds is 3. The predicted octanol–water partition coefficient (Wildman–Crippen LogP) is 5.93. The first-order chi connectivity index (χ1) is 12.4. The molecule has 0 fully saturated rings. The summed E-state index contributed by atoms with van der Waals surface area (Å²) in [4.78, 5) is 0. The van der Waals surface area contributed by atoms with Gasteiger partial charge in [0, 0.05) is 0 Å². The third-order valence-electron chi connectivity index (χ3n) is 3.20. The Morgan fingerprint density at radius 2 is 0.846 bits per heavy atom. The van der Waals surface area contributed by atoms with E-state index in [1.54, 1.807) is 36.4 Å². The SMILES string of the molecule is Fc1cccc(P(c2cccc(F)c2)c2cccc(F)c2)c1.[Cl][Rh]([Cl])[Cl]. The van der Waals surface area contributed by atoms with E-state index in [1.807, 2.05) is 0 Å². The van der Waals surface area contributed by atoms with E-state index in [0.717, 1.165) is 0 Å². The Bertz CT molecular complexity index is 753. The fourth-order valence-electron chi connectivity index (χ4n) is 2.29. The molecule has 3 aromatic carbocycles. The fraction of sp³-hybridized carbons (Fsp3) is 0. The zero-order valence-corrected chi connectivity index (χ0v) is 17.8. The van der Waals surface area contributed by atoms with Gasteiger partial charge in [-0.05, 0) is 60.2 Å². The zero-order valence-electron chi connectivity index (χ0n) is 13.0. The van der Waals surface area contributed by atoms with Crippen molar-refractivity contribution >= 4 is 52.9 Å². The van der Waals surface area contributed by atoms with Gasteiger partial charge in [0.05, 0.1) is 0 Å². The summed E-state index contributed by atoms with van der Waals surface area (Å²) in [7, 11) is 13.6. The van der Waals surface area contributed by atoms with Gasteiger partial charge in [0.2, 0.25) is 0 Å². The molecule has 0 saturated carbocycles.